The number of benzene rings is 2. The quantitative estimate of drug-likeness (QED) is 0.660. The van der Waals surface area contributed by atoms with E-state index in [1.54, 1.807) is 30.7 Å². The van der Waals surface area contributed by atoms with Crippen molar-refractivity contribution in [2.24, 2.45) is 0 Å². The topological polar surface area (TPSA) is 76.0 Å². The molecule has 1 aliphatic heterocycles. The van der Waals surface area contributed by atoms with Crippen LogP contribution in [0, 0.1) is 6.92 Å². The predicted octanol–water partition coefficient (Wildman–Crippen LogP) is 3.95. The molecule has 0 bridgehead atoms. The van der Waals surface area contributed by atoms with Gasteiger partial charge in [-0.3, -0.25) is 4.79 Å². The predicted molar refractivity (Wildman–Crippen MR) is 107 cm³/mol. The fraction of sp³-hybridized carbons (Fsp3) is 0.0952. The summed E-state index contributed by atoms with van der Waals surface area (Å²) in [6.07, 6.45) is 6.70. The molecule has 2 N–H and O–H groups in total. The molecule has 28 heavy (non-hydrogen) atoms. The maximum Gasteiger partial charge on any atom is 0.319 e. The number of nitrogens with zero attached hydrogens (tertiary/aromatic N) is 2. The Bertz CT molecular complexity index is 1070. The minimum Gasteiger partial charge on any atom is -0.327 e. The van der Waals surface area contributed by atoms with E-state index in [-0.39, 0.29) is 11.8 Å². The van der Waals surface area contributed by atoms with Crippen LogP contribution < -0.4 is 10.6 Å². The van der Waals surface area contributed by atoms with E-state index in [1.165, 1.54) is 6.20 Å². The van der Waals surface area contributed by atoms with Crippen molar-refractivity contribution in [3.8, 4) is 5.69 Å². The van der Waals surface area contributed by atoms with Crippen LogP contribution >= 0.6 is 11.6 Å². The zero-order valence-corrected chi connectivity index (χ0v) is 15.8. The molecule has 1 aromatic heterocycles. The second-order valence-corrected chi connectivity index (χ2v) is 6.93. The standard InChI is InChI=1S/C21H17ClN4O2/c1-13-10-15(22)4-7-17(13)19-18(11-24-21(28)25-19)20(27)14-2-5-16(6-3-14)26-9-8-23-12-26/h2-12,19H,1H3,(H2,24,25,28). The molecule has 1 atom stereocenters. The van der Waals surface area contributed by atoms with Gasteiger partial charge < -0.3 is 15.2 Å². The van der Waals surface area contributed by atoms with Gasteiger partial charge >= 0.3 is 6.03 Å². The van der Waals surface area contributed by atoms with Crippen LogP contribution in [0.3, 0.4) is 0 Å². The SMILES string of the molecule is Cc1cc(Cl)ccc1C1NC(=O)NC=C1C(=O)c1ccc(-n2ccnc2)cc1. The molecule has 6 nitrogen and oxygen atoms in total. The lowest BCUT2D eigenvalue weighted by atomic mass is 9.89. The third-order valence-corrected chi connectivity index (χ3v) is 4.92. The summed E-state index contributed by atoms with van der Waals surface area (Å²) in [6, 6.07) is 11.7. The highest BCUT2D eigenvalue weighted by atomic mass is 35.5. The number of carbonyl (C=O) groups is 2. The number of halogens is 1. The van der Waals surface area contributed by atoms with Gasteiger partial charge in [0.1, 0.15) is 0 Å². The molecule has 0 spiro atoms. The van der Waals surface area contributed by atoms with E-state index in [4.69, 9.17) is 11.6 Å². The molecule has 1 unspecified atom stereocenters. The first kappa shape index (κ1) is 18.0. The number of amides is 2. The second kappa shape index (κ2) is 7.32. The largest absolute Gasteiger partial charge is 0.327 e. The van der Waals surface area contributed by atoms with Crippen LogP contribution in [0.25, 0.3) is 5.69 Å². The van der Waals surface area contributed by atoms with E-state index < -0.39 is 6.04 Å². The lowest BCUT2D eigenvalue weighted by molar-refractivity contribution is 0.102. The Morgan fingerprint density at radius 2 is 1.96 bits per heavy atom. The first-order valence-corrected chi connectivity index (χ1v) is 9.07. The first-order valence-electron chi connectivity index (χ1n) is 8.69. The van der Waals surface area contributed by atoms with E-state index >= 15 is 0 Å². The number of hydrogen-bond donors (Lipinski definition) is 2. The van der Waals surface area contributed by atoms with Crippen molar-refractivity contribution < 1.29 is 9.59 Å². The third-order valence-electron chi connectivity index (χ3n) is 4.68. The van der Waals surface area contributed by atoms with Crippen LogP contribution in [0.1, 0.15) is 27.5 Å². The van der Waals surface area contributed by atoms with Crippen molar-refractivity contribution in [3.63, 3.8) is 0 Å². The lowest BCUT2D eigenvalue weighted by Crippen LogP contribution is -2.42. The molecule has 0 saturated carbocycles. The zero-order chi connectivity index (χ0) is 19.7. The van der Waals surface area contributed by atoms with Crippen LogP contribution in [-0.4, -0.2) is 21.4 Å². The highest BCUT2D eigenvalue weighted by molar-refractivity contribution is 6.30. The average molecular weight is 393 g/mol. The molecule has 7 heteroatoms. The van der Waals surface area contributed by atoms with E-state index in [1.807, 2.05) is 42.0 Å². The summed E-state index contributed by atoms with van der Waals surface area (Å²) in [6.45, 7) is 1.90. The Morgan fingerprint density at radius 1 is 1.18 bits per heavy atom. The van der Waals surface area contributed by atoms with Gasteiger partial charge in [-0.15, -0.1) is 0 Å². The number of urea groups is 1. The molecule has 0 saturated heterocycles. The fourth-order valence-corrected chi connectivity index (χ4v) is 3.47. The Labute approximate surface area is 166 Å². The van der Waals surface area contributed by atoms with Crippen molar-refractivity contribution in [2.75, 3.05) is 0 Å². The summed E-state index contributed by atoms with van der Waals surface area (Å²) in [5.41, 5.74) is 3.62. The minimum absolute atomic E-state index is 0.163. The summed E-state index contributed by atoms with van der Waals surface area (Å²) in [7, 11) is 0. The van der Waals surface area contributed by atoms with Gasteiger partial charge in [-0.05, 0) is 54.4 Å². The van der Waals surface area contributed by atoms with Crippen molar-refractivity contribution in [2.45, 2.75) is 13.0 Å². The molecular weight excluding hydrogens is 376 g/mol. The summed E-state index contributed by atoms with van der Waals surface area (Å²) in [5, 5.41) is 6.01. The van der Waals surface area contributed by atoms with Crippen molar-refractivity contribution >= 4 is 23.4 Å². The number of nitrogens with one attached hydrogen (secondary N) is 2. The Morgan fingerprint density at radius 3 is 2.64 bits per heavy atom. The molecule has 0 radical (unpaired) electrons. The molecular formula is C21H17ClN4O2. The van der Waals surface area contributed by atoms with E-state index in [2.05, 4.69) is 15.6 Å². The van der Waals surface area contributed by atoms with E-state index in [0.29, 0.717) is 16.2 Å². The van der Waals surface area contributed by atoms with Gasteiger partial charge in [0.15, 0.2) is 5.78 Å². The molecule has 4 rings (SSSR count). The van der Waals surface area contributed by atoms with E-state index in [9.17, 15) is 9.59 Å². The fourth-order valence-electron chi connectivity index (χ4n) is 3.25. The van der Waals surface area contributed by atoms with Gasteiger partial charge in [-0.1, -0.05) is 17.7 Å². The van der Waals surface area contributed by atoms with Gasteiger partial charge in [-0.25, -0.2) is 9.78 Å². The zero-order valence-electron chi connectivity index (χ0n) is 15.0. The Balaban J connectivity index is 1.67. The molecule has 0 fully saturated rings. The number of rotatable bonds is 4. The molecule has 2 aromatic carbocycles. The lowest BCUT2D eigenvalue weighted by Gasteiger charge is -2.27. The minimum atomic E-state index is -0.549. The average Bonchev–Trinajstić information content (AvgIpc) is 3.22. The maximum atomic E-state index is 13.2. The van der Waals surface area contributed by atoms with Gasteiger partial charge in [-0.2, -0.15) is 0 Å². The number of aromatic nitrogens is 2. The van der Waals surface area contributed by atoms with E-state index in [0.717, 1.165) is 16.8 Å². The second-order valence-electron chi connectivity index (χ2n) is 6.50. The van der Waals surface area contributed by atoms with Crippen LogP contribution in [0.5, 0.6) is 0 Å². The van der Waals surface area contributed by atoms with Crippen molar-refractivity contribution in [1.29, 1.82) is 0 Å². The summed E-state index contributed by atoms with van der Waals surface area (Å²) in [4.78, 5) is 29.1. The van der Waals surface area contributed by atoms with Gasteiger partial charge in [0.2, 0.25) is 0 Å². The molecule has 140 valence electrons. The summed E-state index contributed by atoms with van der Waals surface area (Å²) in [5.74, 6) is -0.163. The van der Waals surface area contributed by atoms with Crippen molar-refractivity contribution in [3.05, 3.63) is 94.7 Å². The Hall–Kier alpha value is -3.38. The van der Waals surface area contributed by atoms with Gasteiger partial charge in [0.25, 0.3) is 0 Å². The summed E-state index contributed by atoms with van der Waals surface area (Å²) < 4.78 is 1.86. The highest BCUT2D eigenvalue weighted by Gasteiger charge is 2.29. The number of hydrogen-bond acceptors (Lipinski definition) is 3. The Kier molecular flexibility index (Phi) is 4.71. The molecule has 0 aliphatic carbocycles. The first-order chi connectivity index (χ1) is 13.5. The van der Waals surface area contributed by atoms with Crippen LogP contribution in [-0.2, 0) is 0 Å². The third kappa shape index (κ3) is 3.42. The smallest absolute Gasteiger partial charge is 0.319 e. The highest BCUT2D eigenvalue weighted by Crippen LogP contribution is 2.30. The molecule has 1 aliphatic rings. The molecule has 2 amide bonds. The molecule has 2 heterocycles. The monoisotopic (exact) mass is 392 g/mol. The number of carbonyl (C=O) groups excluding carboxylic acids is 2. The van der Waals surface area contributed by atoms with Crippen LogP contribution in [0.15, 0.2) is 73.0 Å². The summed E-state index contributed by atoms with van der Waals surface area (Å²) >= 11 is 6.05. The van der Waals surface area contributed by atoms with Crippen LogP contribution in [0.2, 0.25) is 5.02 Å². The molecule has 3 aromatic rings. The van der Waals surface area contributed by atoms with Gasteiger partial charge in [0, 0.05) is 40.4 Å². The van der Waals surface area contributed by atoms with Gasteiger partial charge in [0.05, 0.1) is 12.4 Å². The van der Waals surface area contributed by atoms with Crippen molar-refractivity contribution in [1.82, 2.24) is 20.2 Å². The maximum absolute atomic E-state index is 13.2. The number of imidazole rings is 1. The number of ketones is 1. The number of aryl methyl sites for hydroxylation is 1. The van der Waals surface area contributed by atoms with Crippen LogP contribution in [0.4, 0.5) is 4.79 Å². The normalized spacial score (nSPS) is 16.1. The number of Topliss-reactive ketones (excluding diaryl/α,β-unsaturated/α-hetero) is 1.